The number of alkyl halides is 3. The molecule has 0 N–H and O–H groups in total. The van der Waals surface area contributed by atoms with Crippen LogP contribution >= 0.6 is 0 Å². The highest BCUT2D eigenvalue weighted by molar-refractivity contribution is 5.75. The number of allylic oxidation sites excluding steroid dienone is 2. The molecule has 0 spiro atoms. The maximum absolute atomic E-state index is 13.8. The SMILES string of the molecule is N#C/C(=C(\OCc1nnc(-c2ccccc2)o1)C(F)(F)F)c1nnc2n1CCCCC2. The average Bonchev–Trinajstić information content (AvgIpc) is 3.32. The van der Waals surface area contributed by atoms with Crippen LogP contribution in [0.1, 0.15) is 36.8 Å². The fourth-order valence-corrected chi connectivity index (χ4v) is 3.31. The lowest BCUT2D eigenvalue weighted by molar-refractivity contribution is -0.132. The van der Waals surface area contributed by atoms with Gasteiger partial charge in [-0.2, -0.15) is 18.4 Å². The molecule has 0 saturated heterocycles. The Balaban J connectivity index is 1.63. The molecule has 1 aromatic carbocycles. The van der Waals surface area contributed by atoms with Gasteiger partial charge in [0.15, 0.2) is 12.4 Å². The molecule has 8 nitrogen and oxygen atoms in total. The summed E-state index contributed by atoms with van der Waals surface area (Å²) in [6, 6.07) is 10.4. The van der Waals surface area contributed by atoms with Crippen molar-refractivity contribution in [3.8, 4) is 17.5 Å². The molecular weight excluding hydrogens is 413 g/mol. The summed E-state index contributed by atoms with van der Waals surface area (Å²) < 4.78 is 53.3. The highest BCUT2D eigenvalue weighted by Gasteiger charge is 2.41. The third-order valence-electron chi connectivity index (χ3n) is 4.76. The summed E-state index contributed by atoms with van der Waals surface area (Å²) >= 11 is 0. The first-order chi connectivity index (χ1) is 15.0. The fourth-order valence-electron chi connectivity index (χ4n) is 3.31. The lowest BCUT2D eigenvalue weighted by Crippen LogP contribution is -2.18. The first-order valence-corrected chi connectivity index (χ1v) is 9.62. The minimum Gasteiger partial charge on any atom is -0.478 e. The highest BCUT2D eigenvalue weighted by atomic mass is 19.4. The standard InChI is InChI=1S/C20H17F3N6O2/c21-20(22,23)17(14(11-24)18-27-25-15-9-5-2-6-10-29(15)18)30-12-16-26-28-19(31-16)13-7-3-1-4-8-13/h1,3-4,7-8H,2,5-6,9-10,12H2/b17-14+. The highest BCUT2D eigenvalue weighted by Crippen LogP contribution is 2.34. The van der Waals surface area contributed by atoms with Crippen LogP contribution in [0.4, 0.5) is 13.2 Å². The van der Waals surface area contributed by atoms with E-state index < -0.39 is 24.1 Å². The summed E-state index contributed by atoms with van der Waals surface area (Å²) in [5.41, 5.74) is -0.104. The van der Waals surface area contributed by atoms with E-state index in [0.29, 0.717) is 24.4 Å². The zero-order valence-electron chi connectivity index (χ0n) is 16.3. The second-order valence-electron chi connectivity index (χ2n) is 6.87. The van der Waals surface area contributed by atoms with E-state index >= 15 is 0 Å². The second-order valence-corrected chi connectivity index (χ2v) is 6.87. The molecule has 3 aromatic rings. The van der Waals surface area contributed by atoms with Gasteiger partial charge in [0.2, 0.25) is 11.6 Å². The van der Waals surface area contributed by atoms with Crippen LogP contribution in [-0.2, 0) is 24.3 Å². The Hall–Kier alpha value is -3.68. The molecule has 0 atom stereocenters. The number of fused-ring (bicyclic) bond motifs is 1. The Morgan fingerprint density at radius 2 is 1.90 bits per heavy atom. The molecule has 0 bridgehead atoms. The number of halogens is 3. The molecule has 160 valence electrons. The zero-order chi connectivity index (χ0) is 21.8. The van der Waals surface area contributed by atoms with Gasteiger partial charge in [-0.25, -0.2) is 0 Å². The van der Waals surface area contributed by atoms with E-state index in [1.54, 1.807) is 41.0 Å². The van der Waals surface area contributed by atoms with Gasteiger partial charge in [-0.15, -0.1) is 20.4 Å². The maximum atomic E-state index is 13.8. The van der Waals surface area contributed by atoms with Gasteiger partial charge in [0.25, 0.3) is 5.89 Å². The van der Waals surface area contributed by atoms with Crippen molar-refractivity contribution in [3.05, 3.63) is 53.6 Å². The van der Waals surface area contributed by atoms with Crippen LogP contribution in [0, 0.1) is 11.3 Å². The van der Waals surface area contributed by atoms with Crippen LogP contribution in [0.15, 0.2) is 40.5 Å². The number of aryl methyl sites for hydroxylation is 1. The Labute approximate surface area is 175 Å². The van der Waals surface area contributed by atoms with Crippen molar-refractivity contribution in [2.45, 2.75) is 45.0 Å². The van der Waals surface area contributed by atoms with Gasteiger partial charge in [0, 0.05) is 18.5 Å². The molecule has 0 unspecified atom stereocenters. The van der Waals surface area contributed by atoms with Crippen LogP contribution in [0.25, 0.3) is 17.0 Å². The summed E-state index contributed by atoms with van der Waals surface area (Å²) in [5.74, 6) is -1.06. The molecule has 0 radical (unpaired) electrons. The number of aromatic nitrogens is 5. The predicted molar refractivity (Wildman–Crippen MR) is 101 cm³/mol. The Morgan fingerprint density at radius 1 is 1.10 bits per heavy atom. The third-order valence-corrected chi connectivity index (χ3v) is 4.76. The van der Waals surface area contributed by atoms with Crippen molar-refractivity contribution in [1.82, 2.24) is 25.0 Å². The number of hydrogen-bond acceptors (Lipinski definition) is 7. The largest absolute Gasteiger partial charge is 0.478 e. The van der Waals surface area contributed by atoms with Gasteiger partial charge in [-0.3, -0.25) is 0 Å². The molecule has 0 aliphatic carbocycles. The van der Waals surface area contributed by atoms with E-state index in [9.17, 15) is 18.4 Å². The fraction of sp³-hybridized carbons (Fsp3) is 0.350. The Morgan fingerprint density at radius 3 is 2.65 bits per heavy atom. The minimum absolute atomic E-state index is 0.151. The number of nitriles is 1. The molecule has 3 heterocycles. The van der Waals surface area contributed by atoms with Gasteiger partial charge >= 0.3 is 6.18 Å². The summed E-state index contributed by atoms with van der Waals surface area (Å²) in [7, 11) is 0. The Kier molecular flexibility index (Phi) is 5.70. The number of rotatable bonds is 5. The molecule has 2 aromatic heterocycles. The van der Waals surface area contributed by atoms with Crippen LogP contribution in [0.2, 0.25) is 0 Å². The van der Waals surface area contributed by atoms with Crippen molar-refractivity contribution in [1.29, 1.82) is 5.26 Å². The monoisotopic (exact) mass is 430 g/mol. The van der Waals surface area contributed by atoms with E-state index in [1.165, 1.54) is 0 Å². The number of nitrogens with zero attached hydrogens (tertiary/aromatic N) is 6. The molecule has 1 aliphatic heterocycles. The molecule has 31 heavy (non-hydrogen) atoms. The van der Waals surface area contributed by atoms with Crippen molar-refractivity contribution >= 4 is 5.57 Å². The lowest BCUT2D eigenvalue weighted by Gasteiger charge is -2.15. The van der Waals surface area contributed by atoms with Gasteiger partial charge < -0.3 is 13.7 Å². The third kappa shape index (κ3) is 4.42. The summed E-state index contributed by atoms with van der Waals surface area (Å²) in [6.45, 7) is -0.209. The minimum atomic E-state index is -4.93. The summed E-state index contributed by atoms with van der Waals surface area (Å²) in [4.78, 5) is 0. The molecular formula is C20H17F3N6O2. The summed E-state index contributed by atoms with van der Waals surface area (Å²) in [5, 5.41) is 24.9. The molecule has 4 rings (SSSR count). The van der Waals surface area contributed by atoms with Crippen molar-refractivity contribution in [2.24, 2.45) is 0 Å². The van der Waals surface area contributed by atoms with E-state index in [4.69, 9.17) is 9.15 Å². The van der Waals surface area contributed by atoms with E-state index in [2.05, 4.69) is 20.4 Å². The topological polar surface area (TPSA) is 103 Å². The van der Waals surface area contributed by atoms with Crippen LogP contribution in [0.5, 0.6) is 0 Å². The first-order valence-electron chi connectivity index (χ1n) is 9.62. The van der Waals surface area contributed by atoms with Crippen molar-refractivity contribution < 1.29 is 22.3 Å². The number of ether oxygens (including phenoxy) is 1. The molecule has 1 aliphatic rings. The first kappa shape index (κ1) is 20.6. The molecule has 11 heteroatoms. The zero-order valence-corrected chi connectivity index (χ0v) is 16.3. The Bertz CT molecular complexity index is 1130. The van der Waals surface area contributed by atoms with Gasteiger partial charge in [0.05, 0.1) is 0 Å². The van der Waals surface area contributed by atoms with Gasteiger partial charge in [0.1, 0.15) is 17.5 Å². The van der Waals surface area contributed by atoms with Gasteiger partial charge in [-0.1, -0.05) is 24.6 Å². The number of hydrogen-bond donors (Lipinski definition) is 0. The van der Waals surface area contributed by atoms with Crippen LogP contribution in [-0.4, -0.2) is 31.1 Å². The number of benzene rings is 1. The maximum Gasteiger partial charge on any atom is 0.450 e. The van der Waals surface area contributed by atoms with Crippen LogP contribution in [0.3, 0.4) is 0 Å². The van der Waals surface area contributed by atoms with E-state index in [0.717, 1.165) is 19.3 Å². The lowest BCUT2D eigenvalue weighted by atomic mass is 10.2. The van der Waals surface area contributed by atoms with E-state index in [1.807, 2.05) is 0 Å². The predicted octanol–water partition coefficient (Wildman–Crippen LogP) is 4.07. The average molecular weight is 430 g/mol. The molecule has 0 saturated carbocycles. The van der Waals surface area contributed by atoms with Gasteiger partial charge in [-0.05, 0) is 25.0 Å². The summed E-state index contributed by atoms with van der Waals surface area (Å²) in [6.07, 6.45) is -1.77. The molecule has 0 amide bonds. The molecule has 0 fully saturated rings. The smallest absolute Gasteiger partial charge is 0.450 e. The normalized spacial score (nSPS) is 14.9. The quantitative estimate of drug-likeness (QED) is 0.444. The van der Waals surface area contributed by atoms with Crippen molar-refractivity contribution in [3.63, 3.8) is 0 Å². The second kappa shape index (κ2) is 8.59. The van der Waals surface area contributed by atoms with Crippen LogP contribution < -0.4 is 0 Å². The van der Waals surface area contributed by atoms with Crippen molar-refractivity contribution in [2.75, 3.05) is 0 Å². The van der Waals surface area contributed by atoms with E-state index in [-0.39, 0.29) is 17.6 Å².